The summed E-state index contributed by atoms with van der Waals surface area (Å²) in [7, 11) is 1.89. The minimum absolute atomic E-state index is 0. The van der Waals surface area contributed by atoms with Crippen LogP contribution in [0, 0.1) is 6.92 Å². The summed E-state index contributed by atoms with van der Waals surface area (Å²) in [5.74, 6) is 0.115. The molecular formula is C13H18BrClN2O. The molecule has 3 nitrogen and oxygen atoms in total. The van der Waals surface area contributed by atoms with Gasteiger partial charge in [0, 0.05) is 29.7 Å². The van der Waals surface area contributed by atoms with Crippen LogP contribution >= 0.6 is 28.3 Å². The lowest BCUT2D eigenvalue weighted by Gasteiger charge is -2.24. The van der Waals surface area contributed by atoms with E-state index in [0.717, 1.165) is 35.1 Å². The Hall–Kier alpha value is -0.580. The van der Waals surface area contributed by atoms with Gasteiger partial charge in [-0.25, -0.2) is 0 Å². The van der Waals surface area contributed by atoms with Gasteiger partial charge in [-0.2, -0.15) is 0 Å². The van der Waals surface area contributed by atoms with Gasteiger partial charge in [0.25, 0.3) is 5.91 Å². The van der Waals surface area contributed by atoms with E-state index in [2.05, 4.69) is 21.2 Å². The van der Waals surface area contributed by atoms with Crippen LogP contribution in [0.5, 0.6) is 0 Å². The molecule has 0 aliphatic carbocycles. The molecule has 1 unspecified atom stereocenters. The predicted octanol–water partition coefficient (Wildman–Crippen LogP) is 2.61. The van der Waals surface area contributed by atoms with Crippen molar-refractivity contribution in [1.82, 2.24) is 10.2 Å². The van der Waals surface area contributed by atoms with Gasteiger partial charge in [-0.1, -0.05) is 15.9 Å². The van der Waals surface area contributed by atoms with E-state index in [9.17, 15) is 4.79 Å². The molecule has 0 spiro atoms. The van der Waals surface area contributed by atoms with Crippen LogP contribution in [0.4, 0.5) is 0 Å². The van der Waals surface area contributed by atoms with Gasteiger partial charge in [0.1, 0.15) is 0 Å². The summed E-state index contributed by atoms with van der Waals surface area (Å²) in [5.41, 5.74) is 1.81. The molecule has 18 heavy (non-hydrogen) atoms. The number of amides is 1. The zero-order valence-corrected chi connectivity index (χ0v) is 13.0. The lowest BCUT2D eigenvalue weighted by molar-refractivity contribution is 0.0743. The number of likely N-dealkylation sites (N-methyl/N-ethyl adjacent to an activating group) is 1. The van der Waals surface area contributed by atoms with Crippen molar-refractivity contribution in [2.75, 3.05) is 20.1 Å². The van der Waals surface area contributed by atoms with Crippen LogP contribution in [0.15, 0.2) is 22.7 Å². The van der Waals surface area contributed by atoms with Gasteiger partial charge in [0.15, 0.2) is 0 Å². The van der Waals surface area contributed by atoms with Crippen LogP contribution in [0.25, 0.3) is 0 Å². The number of benzene rings is 1. The first-order valence-electron chi connectivity index (χ1n) is 5.83. The Morgan fingerprint density at radius 3 is 2.78 bits per heavy atom. The second-order valence-corrected chi connectivity index (χ2v) is 5.44. The second-order valence-electron chi connectivity index (χ2n) is 4.52. The number of hydrogen-bond donors (Lipinski definition) is 1. The molecule has 1 heterocycles. The van der Waals surface area contributed by atoms with E-state index in [-0.39, 0.29) is 18.3 Å². The first kappa shape index (κ1) is 15.5. The summed E-state index contributed by atoms with van der Waals surface area (Å²) in [4.78, 5) is 14.2. The largest absolute Gasteiger partial charge is 0.337 e. The van der Waals surface area contributed by atoms with E-state index in [0.29, 0.717) is 6.04 Å². The first-order chi connectivity index (χ1) is 8.09. The van der Waals surface area contributed by atoms with Crippen molar-refractivity contribution in [1.29, 1.82) is 0 Å². The highest BCUT2D eigenvalue weighted by Gasteiger charge is 2.24. The fraction of sp³-hybridized carbons (Fsp3) is 0.462. The maximum Gasteiger partial charge on any atom is 0.254 e. The smallest absolute Gasteiger partial charge is 0.254 e. The minimum atomic E-state index is 0. The molecule has 1 aromatic rings. The molecule has 0 aromatic heterocycles. The maximum absolute atomic E-state index is 12.3. The van der Waals surface area contributed by atoms with Crippen LogP contribution in [0.3, 0.4) is 0 Å². The maximum atomic E-state index is 12.3. The third-order valence-corrected chi connectivity index (χ3v) is 3.81. The van der Waals surface area contributed by atoms with Gasteiger partial charge >= 0.3 is 0 Å². The van der Waals surface area contributed by atoms with E-state index in [1.165, 1.54) is 0 Å². The SMILES string of the molecule is Cc1cc(Br)ccc1C(=O)N(C)C1CCNC1.Cl. The van der Waals surface area contributed by atoms with Gasteiger partial charge in [-0.15, -0.1) is 12.4 Å². The summed E-state index contributed by atoms with van der Waals surface area (Å²) in [5, 5.41) is 3.28. The van der Waals surface area contributed by atoms with Gasteiger partial charge in [0.2, 0.25) is 0 Å². The fourth-order valence-corrected chi connectivity index (χ4v) is 2.67. The molecule has 1 atom stereocenters. The van der Waals surface area contributed by atoms with Crippen molar-refractivity contribution >= 4 is 34.2 Å². The third kappa shape index (κ3) is 3.25. The molecular weight excluding hydrogens is 316 g/mol. The quantitative estimate of drug-likeness (QED) is 0.902. The number of halogens is 2. The van der Waals surface area contributed by atoms with Gasteiger partial charge in [0.05, 0.1) is 0 Å². The normalized spacial score (nSPS) is 18.3. The van der Waals surface area contributed by atoms with Gasteiger partial charge in [-0.3, -0.25) is 4.79 Å². The number of carbonyl (C=O) groups is 1. The Kier molecular flexibility index (Phi) is 5.63. The predicted molar refractivity (Wildman–Crippen MR) is 79.5 cm³/mol. The van der Waals surface area contributed by atoms with Crippen LogP contribution in [-0.4, -0.2) is 37.0 Å². The average Bonchev–Trinajstić information content (AvgIpc) is 2.80. The lowest BCUT2D eigenvalue weighted by atomic mass is 10.1. The molecule has 1 aliphatic heterocycles. The van der Waals surface area contributed by atoms with Crippen molar-refractivity contribution in [3.05, 3.63) is 33.8 Å². The molecule has 1 saturated heterocycles. The van der Waals surface area contributed by atoms with Crippen molar-refractivity contribution < 1.29 is 4.79 Å². The topological polar surface area (TPSA) is 32.3 Å². The van der Waals surface area contributed by atoms with Crippen molar-refractivity contribution in [2.45, 2.75) is 19.4 Å². The molecule has 2 rings (SSSR count). The van der Waals surface area contributed by atoms with E-state index in [1.54, 1.807) is 0 Å². The van der Waals surface area contributed by atoms with Crippen LogP contribution in [-0.2, 0) is 0 Å². The summed E-state index contributed by atoms with van der Waals surface area (Å²) in [6.45, 7) is 3.87. The highest BCUT2D eigenvalue weighted by Crippen LogP contribution is 2.18. The molecule has 1 aromatic carbocycles. The van der Waals surface area contributed by atoms with Crippen molar-refractivity contribution in [2.24, 2.45) is 0 Å². The van der Waals surface area contributed by atoms with Crippen LogP contribution < -0.4 is 5.32 Å². The van der Waals surface area contributed by atoms with Crippen LogP contribution in [0.1, 0.15) is 22.3 Å². The first-order valence-corrected chi connectivity index (χ1v) is 6.63. The molecule has 0 bridgehead atoms. The van der Waals surface area contributed by atoms with E-state index < -0.39 is 0 Å². The lowest BCUT2D eigenvalue weighted by Crippen LogP contribution is -2.38. The summed E-state index contributed by atoms with van der Waals surface area (Å²) in [6, 6.07) is 6.11. The fourth-order valence-electron chi connectivity index (χ4n) is 2.19. The number of nitrogens with one attached hydrogen (secondary N) is 1. The monoisotopic (exact) mass is 332 g/mol. The number of carbonyl (C=O) groups excluding carboxylic acids is 1. The molecule has 1 amide bonds. The van der Waals surface area contributed by atoms with Gasteiger partial charge < -0.3 is 10.2 Å². The Morgan fingerprint density at radius 2 is 2.22 bits per heavy atom. The number of aryl methyl sites for hydroxylation is 1. The minimum Gasteiger partial charge on any atom is -0.337 e. The van der Waals surface area contributed by atoms with E-state index >= 15 is 0 Å². The Bertz CT molecular complexity index is 433. The molecule has 1 N–H and O–H groups in total. The highest BCUT2D eigenvalue weighted by molar-refractivity contribution is 9.10. The zero-order valence-electron chi connectivity index (χ0n) is 10.6. The summed E-state index contributed by atoms with van der Waals surface area (Å²) in [6.07, 6.45) is 1.04. The average molecular weight is 334 g/mol. The third-order valence-electron chi connectivity index (χ3n) is 3.32. The van der Waals surface area contributed by atoms with Crippen molar-refractivity contribution in [3.8, 4) is 0 Å². The number of rotatable bonds is 2. The van der Waals surface area contributed by atoms with E-state index in [1.807, 2.05) is 37.1 Å². The van der Waals surface area contributed by atoms with Crippen LogP contribution in [0.2, 0.25) is 0 Å². The standard InChI is InChI=1S/C13H17BrN2O.ClH/c1-9-7-10(14)3-4-12(9)13(17)16(2)11-5-6-15-8-11;/h3-4,7,11,15H,5-6,8H2,1-2H3;1H. The molecule has 0 saturated carbocycles. The molecule has 100 valence electrons. The van der Waals surface area contributed by atoms with E-state index in [4.69, 9.17) is 0 Å². The Morgan fingerprint density at radius 1 is 1.50 bits per heavy atom. The van der Waals surface area contributed by atoms with Gasteiger partial charge in [-0.05, 0) is 43.7 Å². The molecule has 0 radical (unpaired) electrons. The molecule has 5 heteroatoms. The molecule has 1 aliphatic rings. The summed E-state index contributed by atoms with van der Waals surface area (Å²) >= 11 is 3.41. The Balaban J connectivity index is 0.00000162. The molecule has 1 fully saturated rings. The van der Waals surface area contributed by atoms with Crippen molar-refractivity contribution in [3.63, 3.8) is 0 Å². The number of hydrogen-bond acceptors (Lipinski definition) is 2. The highest BCUT2D eigenvalue weighted by atomic mass is 79.9. The zero-order chi connectivity index (χ0) is 12.4. The Labute approximate surface area is 122 Å². The second kappa shape index (κ2) is 6.55. The number of nitrogens with zero attached hydrogens (tertiary/aromatic N) is 1. The summed E-state index contributed by atoms with van der Waals surface area (Å²) < 4.78 is 1.01.